The lowest BCUT2D eigenvalue weighted by Crippen LogP contribution is -2.30. The average Bonchev–Trinajstić information content (AvgIpc) is 3.47. The van der Waals surface area contributed by atoms with E-state index >= 15 is 0 Å². The van der Waals surface area contributed by atoms with Crippen LogP contribution in [0.15, 0.2) is 48.6 Å². The highest BCUT2D eigenvalue weighted by Crippen LogP contribution is 2.18. The van der Waals surface area contributed by atoms with Gasteiger partial charge < -0.3 is 14.2 Å². The number of carbonyl (C=O) groups is 3. The van der Waals surface area contributed by atoms with Crippen LogP contribution in [0, 0.1) is 0 Å². The summed E-state index contributed by atoms with van der Waals surface area (Å²) in [6.07, 6.45) is 88.6. The Morgan fingerprint density at radius 2 is 0.444 bits per heavy atom. The zero-order valence-corrected chi connectivity index (χ0v) is 54.6. The first-order valence-corrected chi connectivity index (χ1v) is 36.1. The molecule has 0 aromatic heterocycles. The van der Waals surface area contributed by atoms with Gasteiger partial charge in [-0.25, -0.2) is 0 Å². The molecule has 0 N–H and O–H groups in total. The molecule has 81 heavy (non-hydrogen) atoms. The molecule has 0 fully saturated rings. The van der Waals surface area contributed by atoms with Gasteiger partial charge in [-0.05, 0) is 83.5 Å². The van der Waals surface area contributed by atoms with Crippen LogP contribution in [0.4, 0.5) is 0 Å². The van der Waals surface area contributed by atoms with Gasteiger partial charge in [-0.15, -0.1) is 0 Å². The molecule has 0 aromatic rings. The van der Waals surface area contributed by atoms with E-state index in [4.69, 9.17) is 14.2 Å². The fraction of sp³-hybridized carbons (Fsp3) is 0.853. The van der Waals surface area contributed by atoms with Gasteiger partial charge in [-0.3, -0.25) is 14.4 Å². The van der Waals surface area contributed by atoms with E-state index in [2.05, 4.69) is 69.4 Å². The van der Waals surface area contributed by atoms with E-state index in [-0.39, 0.29) is 31.1 Å². The van der Waals surface area contributed by atoms with Gasteiger partial charge in [-0.1, -0.05) is 339 Å². The van der Waals surface area contributed by atoms with Gasteiger partial charge in [0.2, 0.25) is 0 Å². The summed E-state index contributed by atoms with van der Waals surface area (Å²) in [5.74, 6) is -0.873. The summed E-state index contributed by atoms with van der Waals surface area (Å²) in [4.78, 5) is 38.5. The van der Waals surface area contributed by atoms with Crippen molar-refractivity contribution >= 4 is 17.9 Å². The van der Waals surface area contributed by atoms with Crippen LogP contribution in [0.5, 0.6) is 0 Å². The van der Waals surface area contributed by atoms with Gasteiger partial charge in [0.05, 0.1) is 0 Å². The van der Waals surface area contributed by atoms with Crippen molar-refractivity contribution in [3.8, 4) is 0 Å². The predicted octanol–water partition coefficient (Wildman–Crippen LogP) is 24.9. The smallest absolute Gasteiger partial charge is 0.306 e. The van der Waals surface area contributed by atoms with E-state index in [0.29, 0.717) is 19.3 Å². The van der Waals surface area contributed by atoms with Gasteiger partial charge in [0.15, 0.2) is 6.10 Å². The number of hydrogen-bond acceptors (Lipinski definition) is 6. The molecule has 0 aromatic carbocycles. The average molecular weight is 1140 g/mol. The molecule has 1 unspecified atom stereocenters. The van der Waals surface area contributed by atoms with Gasteiger partial charge in [0.1, 0.15) is 13.2 Å². The maximum atomic E-state index is 13.0. The maximum Gasteiger partial charge on any atom is 0.306 e. The first-order chi connectivity index (χ1) is 40.0. The normalized spacial score (nSPS) is 12.3. The molecule has 0 bridgehead atoms. The molecule has 0 heterocycles. The summed E-state index contributed by atoms with van der Waals surface area (Å²) in [5, 5.41) is 0. The number of carbonyl (C=O) groups excluding carboxylic acids is 3. The number of ether oxygens (including phenoxy) is 3. The van der Waals surface area contributed by atoms with E-state index in [0.717, 1.165) is 83.5 Å². The lowest BCUT2D eigenvalue weighted by Gasteiger charge is -2.18. The van der Waals surface area contributed by atoms with Crippen molar-refractivity contribution in [3.63, 3.8) is 0 Å². The summed E-state index contributed by atoms with van der Waals surface area (Å²) < 4.78 is 17.0. The van der Waals surface area contributed by atoms with Crippen molar-refractivity contribution in [1.29, 1.82) is 0 Å². The standard InChI is InChI=1S/C75H138O6/c1-4-7-10-13-16-19-22-25-28-30-32-34-35-36-37-38-39-41-42-44-47-50-53-56-59-62-65-68-74(77)80-71-72(70-79-73(76)67-64-61-58-55-52-49-46-27-24-21-18-15-12-9-6-3)81-75(78)69-66-63-60-57-54-51-48-45-43-40-33-31-29-26-23-20-17-14-11-8-5-2/h23,26-27,31,33,43,45-46,72H,4-22,24-25,28-30,32,34-42,44,47-71H2,1-3H3/b26-23-,33-31-,45-43-,46-27-. The second-order valence-electron chi connectivity index (χ2n) is 24.5. The van der Waals surface area contributed by atoms with Crippen LogP contribution in [0.25, 0.3) is 0 Å². The molecule has 0 aliphatic carbocycles. The minimum atomic E-state index is -0.784. The highest BCUT2D eigenvalue weighted by molar-refractivity contribution is 5.71. The van der Waals surface area contributed by atoms with Crippen molar-refractivity contribution in [1.82, 2.24) is 0 Å². The fourth-order valence-electron chi connectivity index (χ4n) is 10.9. The quantitative estimate of drug-likeness (QED) is 0.0261. The maximum absolute atomic E-state index is 13.0. The minimum absolute atomic E-state index is 0.0772. The second kappa shape index (κ2) is 69.9. The van der Waals surface area contributed by atoms with E-state index < -0.39 is 6.10 Å². The number of unbranched alkanes of at least 4 members (excludes halogenated alkanes) is 48. The number of hydrogen-bond donors (Lipinski definition) is 0. The van der Waals surface area contributed by atoms with Crippen molar-refractivity contribution in [2.24, 2.45) is 0 Å². The van der Waals surface area contributed by atoms with Crippen molar-refractivity contribution in [2.75, 3.05) is 13.2 Å². The van der Waals surface area contributed by atoms with Crippen LogP contribution in [-0.2, 0) is 28.6 Å². The van der Waals surface area contributed by atoms with Gasteiger partial charge in [0.25, 0.3) is 0 Å². The third-order valence-corrected chi connectivity index (χ3v) is 16.3. The Morgan fingerprint density at radius 1 is 0.247 bits per heavy atom. The molecule has 0 radical (unpaired) electrons. The molecule has 0 spiro atoms. The third-order valence-electron chi connectivity index (χ3n) is 16.3. The molecular formula is C75H138O6. The van der Waals surface area contributed by atoms with Gasteiger partial charge in [-0.2, -0.15) is 0 Å². The topological polar surface area (TPSA) is 78.9 Å². The van der Waals surface area contributed by atoms with Gasteiger partial charge >= 0.3 is 17.9 Å². The molecule has 0 aliphatic heterocycles. The van der Waals surface area contributed by atoms with Crippen LogP contribution in [0.1, 0.15) is 393 Å². The SMILES string of the molecule is CCCCCCC/C=C\C/C=C\C/C=C\CCCCCCCCC(=O)OC(COC(=O)CCCCCCC/C=C\CCCCCCCC)COC(=O)CCCCCCCCCCCCCCCCCCCCCCCCCCCCC. The summed E-state index contributed by atoms with van der Waals surface area (Å²) in [7, 11) is 0. The first-order valence-electron chi connectivity index (χ1n) is 36.1. The summed E-state index contributed by atoms with van der Waals surface area (Å²) in [5.41, 5.74) is 0. The number of allylic oxidation sites excluding steroid dienone is 8. The molecule has 6 nitrogen and oxygen atoms in total. The van der Waals surface area contributed by atoms with E-state index in [9.17, 15) is 14.4 Å². The molecular weight excluding hydrogens is 997 g/mol. The van der Waals surface area contributed by atoms with Crippen LogP contribution >= 0.6 is 0 Å². The molecule has 0 saturated heterocycles. The van der Waals surface area contributed by atoms with Gasteiger partial charge in [0, 0.05) is 19.3 Å². The lowest BCUT2D eigenvalue weighted by atomic mass is 10.0. The third kappa shape index (κ3) is 68.0. The van der Waals surface area contributed by atoms with E-state index in [1.807, 2.05) is 0 Å². The first kappa shape index (κ1) is 78.4. The highest BCUT2D eigenvalue weighted by Gasteiger charge is 2.19. The molecule has 474 valence electrons. The molecule has 1 atom stereocenters. The summed E-state index contributed by atoms with van der Waals surface area (Å²) in [6.45, 7) is 6.68. The molecule has 6 heteroatoms. The Balaban J connectivity index is 4.28. The molecule has 0 aliphatic rings. The summed E-state index contributed by atoms with van der Waals surface area (Å²) >= 11 is 0. The largest absolute Gasteiger partial charge is 0.462 e. The molecule has 0 amide bonds. The Hall–Kier alpha value is -2.63. The Bertz CT molecular complexity index is 1400. The minimum Gasteiger partial charge on any atom is -0.462 e. The van der Waals surface area contributed by atoms with Crippen molar-refractivity contribution in [2.45, 2.75) is 399 Å². The van der Waals surface area contributed by atoms with Crippen LogP contribution < -0.4 is 0 Å². The van der Waals surface area contributed by atoms with Crippen molar-refractivity contribution < 1.29 is 28.6 Å². The van der Waals surface area contributed by atoms with Crippen LogP contribution in [-0.4, -0.2) is 37.2 Å². The predicted molar refractivity (Wildman–Crippen MR) is 353 cm³/mol. The Labute approximate surface area is 505 Å². The molecule has 0 saturated carbocycles. The van der Waals surface area contributed by atoms with E-state index in [1.54, 1.807) is 0 Å². The zero-order chi connectivity index (χ0) is 58.5. The highest BCUT2D eigenvalue weighted by atomic mass is 16.6. The lowest BCUT2D eigenvalue weighted by molar-refractivity contribution is -0.167. The number of rotatable bonds is 67. The van der Waals surface area contributed by atoms with Crippen LogP contribution in [0.2, 0.25) is 0 Å². The summed E-state index contributed by atoms with van der Waals surface area (Å²) in [6, 6.07) is 0. The number of esters is 3. The Morgan fingerprint density at radius 3 is 0.704 bits per heavy atom. The zero-order valence-electron chi connectivity index (χ0n) is 54.6. The fourth-order valence-corrected chi connectivity index (χ4v) is 10.9. The monoisotopic (exact) mass is 1140 g/mol. The van der Waals surface area contributed by atoms with Crippen molar-refractivity contribution in [3.05, 3.63) is 48.6 Å². The van der Waals surface area contributed by atoms with Crippen LogP contribution in [0.3, 0.4) is 0 Å². The second-order valence-corrected chi connectivity index (χ2v) is 24.5. The Kier molecular flexibility index (Phi) is 67.6. The van der Waals surface area contributed by atoms with E-state index in [1.165, 1.54) is 270 Å². The molecule has 0 rings (SSSR count).